The van der Waals surface area contributed by atoms with Crippen LogP contribution in [0.25, 0.3) is 0 Å². The van der Waals surface area contributed by atoms with Gasteiger partial charge in [-0.1, -0.05) is 18.9 Å². The van der Waals surface area contributed by atoms with E-state index in [9.17, 15) is 8.78 Å². The molecule has 0 radical (unpaired) electrons. The largest absolute Gasteiger partial charge is 0.323 e. The molecule has 21 heavy (non-hydrogen) atoms. The van der Waals surface area contributed by atoms with Crippen LogP contribution in [0.1, 0.15) is 50.1 Å². The van der Waals surface area contributed by atoms with Gasteiger partial charge in [0.05, 0.1) is 0 Å². The zero-order valence-electron chi connectivity index (χ0n) is 12.4. The van der Waals surface area contributed by atoms with Crippen molar-refractivity contribution in [3.8, 4) is 0 Å². The van der Waals surface area contributed by atoms with Gasteiger partial charge in [0.2, 0.25) is 0 Å². The number of hydrogen-bond donors (Lipinski definition) is 1. The summed E-state index contributed by atoms with van der Waals surface area (Å²) in [6, 6.07) is 4.40. The minimum Gasteiger partial charge on any atom is -0.323 e. The van der Waals surface area contributed by atoms with E-state index in [2.05, 4.69) is 4.90 Å². The van der Waals surface area contributed by atoms with E-state index in [4.69, 9.17) is 5.73 Å². The highest BCUT2D eigenvalue weighted by atomic mass is 19.2. The number of rotatable bonds is 3. The maximum absolute atomic E-state index is 13.3. The number of halogens is 2. The first-order chi connectivity index (χ1) is 10.1. The van der Waals surface area contributed by atoms with Crippen molar-refractivity contribution in [3.05, 3.63) is 35.4 Å². The zero-order chi connectivity index (χ0) is 14.8. The van der Waals surface area contributed by atoms with Crippen molar-refractivity contribution >= 4 is 0 Å². The number of hydrogen-bond acceptors (Lipinski definition) is 2. The van der Waals surface area contributed by atoms with Crippen molar-refractivity contribution in [2.75, 3.05) is 13.1 Å². The van der Waals surface area contributed by atoms with E-state index < -0.39 is 11.6 Å². The fourth-order valence-corrected chi connectivity index (χ4v) is 4.06. The molecule has 2 fully saturated rings. The molecule has 1 saturated heterocycles. The maximum Gasteiger partial charge on any atom is 0.159 e. The highest BCUT2D eigenvalue weighted by molar-refractivity contribution is 5.21. The molecule has 2 N–H and O–H groups in total. The highest BCUT2D eigenvalue weighted by Crippen LogP contribution is 2.35. The van der Waals surface area contributed by atoms with Gasteiger partial charge in [-0.15, -0.1) is 0 Å². The third-order valence-corrected chi connectivity index (χ3v) is 5.16. The predicted molar refractivity (Wildman–Crippen MR) is 79.8 cm³/mol. The third kappa shape index (κ3) is 3.27. The van der Waals surface area contributed by atoms with Crippen molar-refractivity contribution in [3.63, 3.8) is 0 Å². The normalized spacial score (nSPS) is 28.1. The Balaban J connectivity index is 1.68. The van der Waals surface area contributed by atoms with Gasteiger partial charge < -0.3 is 5.73 Å². The van der Waals surface area contributed by atoms with Gasteiger partial charge in [-0.25, -0.2) is 8.78 Å². The molecule has 3 atom stereocenters. The molecule has 1 aromatic carbocycles. The van der Waals surface area contributed by atoms with Gasteiger partial charge in [0, 0.05) is 18.6 Å². The molecule has 0 aromatic heterocycles. The van der Waals surface area contributed by atoms with E-state index >= 15 is 0 Å². The monoisotopic (exact) mass is 294 g/mol. The number of piperidine rings is 1. The summed E-state index contributed by atoms with van der Waals surface area (Å²) in [6.07, 6.45) is 7.81. The standard InChI is InChI=1S/C17H24F2N2/c18-14-8-7-13(10-15(14)19)16(20)11-21-9-3-5-12-4-1-2-6-17(12)21/h7-8,10,12,16-17H,1-6,9,11,20H2. The fourth-order valence-electron chi connectivity index (χ4n) is 4.06. The first-order valence-electron chi connectivity index (χ1n) is 8.09. The van der Waals surface area contributed by atoms with Gasteiger partial charge in [-0.05, 0) is 55.8 Å². The van der Waals surface area contributed by atoms with E-state index in [1.807, 2.05) is 0 Å². The summed E-state index contributed by atoms with van der Waals surface area (Å²) in [5.74, 6) is -0.807. The summed E-state index contributed by atoms with van der Waals surface area (Å²) >= 11 is 0. The summed E-state index contributed by atoms with van der Waals surface area (Å²) in [5, 5.41) is 0. The molecule has 1 aliphatic heterocycles. The molecule has 1 heterocycles. The van der Waals surface area contributed by atoms with Crippen molar-refractivity contribution in [1.82, 2.24) is 4.90 Å². The lowest BCUT2D eigenvalue weighted by Crippen LogP contribution is -2.49. The number of nitrogens with two attached hydrogens (primary N) is 1. The Labute approximate surface area is 125 Å². The molecule has 1 aromatic rings. The molecule has 0 bridgehead atoms. The summed E-state index contributed by atoms with van der Waals surface area (Å²) in [4.78, 5) is 2.49. The fraction of sp³-hybridized carbons (Fsp3) is 0.647. The van der Waals surface area contributed by atoms with Crippen LogP contribution in [0.3, 0.4) is 0 Å². The second kappa shape index (κ2) is 6.41. The van der Waals surface area contributed by atoms with E-state index in [0.717, 1.165) is 19.0 Å². The lowest BCUT2D eigenvalue weighted by atomic mass is 9.78. The molecule has 116 valence electrons. The molecule has 0 amide bonds. The number of benzene rings is 1. The van der Waals surface area contributed by atoms with E-state index in [1.54, 1.807) is 6.07 Å². The Morgan fingerprint density at radius 1 is 1.10 bits per heavy atom. The molecule has 1 saturated carbocycles. The molecule has 2 aliphatic rings. The minimum absolute atomic E-state index is 0.249. The summed E-state index contributed by atoms with van der Waals surface area (Å²) in [5.41, 5.74) is 6.92. The molecule has 3 rings (SSSR count). The van der Waals surface area contributed by atoms with Crippen LogP contribution in [0, 0.1) is 17.6 Å². The average molecular weight is 294 g/mol. The Hall–Kier alpha value is -1.00. The van der Waals surface area contributed by atoms with Gasteiger partial charge in [-0.2, -0.15) is 0 Å². The molecule has 1 aliphatic carbocycles. The first kappa shape index (κ1) is 14.9. The Kier molecular flexibility index (Phi) is 4.55. The second-order valence-corrected chi connectivity index (χ2v) is 6.53. The summed E-state index contributed by atoms with van der Waals surface area (Å²) in [7, 11) is 0. The average Bonchev–Trinajstić information content (AvgIpc) is 2.50. The lowest BCUT2D eigenvalue weighted by molar-refractivity contribution is 0.0561. The SMILES string of the molecule is NC(CN1CCCC2CCCCC21)c1ccc(F)c(F)c1. The second-order valence-electron chi connectivity index (χ2n) is 6.53. The molecule has 4 heteroatoms. The smallest absolute Gasteiger partial charge is 0.159 e. The lowest BCUT2D eigenvalue weighted by Gasteiger charge is -2.45. The molecule has 2 nitrogen and oxygen atoms in total. The van der Waals surface area contributed by atoms with Crippen molar-refractivity contribution < 1.29 is 8.78 Å². The van der Waals surface area contributed by atoms with Gasteiger partial charge in [-0.3, -0.25) is 4.90 Å². The Bertz CT molecular complexity index is 490. The quantitative estimate of drug-likeness (QED) is 0.922. The number of likely N-dealkylation sites (tertiary alicyclic amines) is 1. The minimum atomic E-state index is -0.809. The number of fused-ring (bicyclic) bond motifs is 1. The van der Waals surface area contributed by atoms with E-state index in [-0.39, 0.29) is 6.04 Å². The Morgan fingerprint density at radius 2 is 1.86 bits per heavy atom. The third-order valence-electron chi connectivity index (χ3n) is 5.16. The highest BCUT2D eigenvalue weighted by Gasteiger charge is 2.33. The number of nitrogens with zero attached hydrogens (tertiary/aromatic N) is 1. The van der Waals surface area contributed by atoms with Crippen LogP contribution in [0.2, 0.25) is 0 Å². The van der Waals surface area contributed by atoms with Crippen molar-refractivity contribution in [2.45, 2.75) is 50.6 Å². The predicted octanol–water partition coefficient (Wildman–Crippen LogP) is 3.62. The van der Waals surface area contributed by atoms with Gasteiger partial charge in [0.25, 0.3) is 0 Å². The van der Waals surface area contributed by atoms with Crippen LogP contribution in [0.5, 0.6) is 0 Å². The molecule has 3 unspecified atom stereocenters. The van der Waals surface area contributed by atoms with Gasteiger partial charge in [0.15, 0.2) is 11.6 Å². The molecular formula is C17H24F2N2. The van der Waals surface area contributed by atoms with Crippen molar-refractivity contribution in [2.24, 2.45) is 11.7 Å². The van der Waals surface area contributed by atoms with Crippen LogP contribution < -0.4 is 5.73 Å². The van der Waals surface area contributed by atoms with E-state index in [0.29, 0.717) is 11.6 Å². The van der Waals surface area contributed by atoms with Crippen LogP contribution in [0.4, 0.5) is 8.78 Å². The first-order valence-corrected chi connectivity index (χ1v) is 8.09. The summed E-state index contributed by atoms with van der Waals surface area (Å²) in [6.45, 7) is 1.82. The van der Waals surface area contributed by atoms with E-state index in [1.165, 1.54) is 50.7 Å². The maximum atomic E-state index is 13.3. The van der Waals surface area contributed by atoms with Gasteiger partial charge >= 0.3 is 0 Å². The van der Waals surface area contributed by atoms with Gasteiger partial charge in [0.1, 0.15) is 0 Å². The Morgan fingerprint density at radius 3 is 2.67 bits per heavy atom. The van der Waals surface area contributed by atoms with Crippen LogP contribution >= 0.6 is 0 Å². The topological polar surface area (TPSA) is 29.3 Å². The van der Waals surface area contributed by atoms with Crippen LogP contribution in [0.15, 0.2) is 18.2 Å². The summed E-state index contributed by atoms with van der Waals surface area (Å²) < 4.78 is 26.4. The molecule has 0 spiro atoms. The molecular weight excluding hydrogens is 270 g/mol. The van der Waals surface area contributed by atoms with Crippen molar-refractivity contribution in [1.29, 1.82) is 0 Å². The van der Waals surface area contributed by atoms with Crippen LogP contribution in [-0.4, -0.2) is 24.0 Å². The van der Waals surface area contributed by atoms with Crippen LogP contribution in [-0.2, 0) is 0 Å². The zero-order valence-corrected chi connectivity index (χ0v) is 12.4.